The van der Waals surface area contributed by atoms with E-state index in [9.17, 15) is 14.0 Å². The molecule has 2 N–H and O–H groups in total. The number of nitrogens with zero attached hydrogens (tertiary/aromatic N) is 3. The van der Waals surface area contributed by atoms with Gasteiger partial charge in [0.2, 0.25) is 5.91 Å². The normalized spacial score (nSPS) is 16.2. The molecule has 1 unspecified atom stereocenters. The number of amides is 2. The minimum Gasteiger partial charge on any atom is -0.354 e. The maximum atomic E-state index is 14.6. The summed E-state index contributed by atoms with van der Waals surface area (Å²) < 4.78 is 16.0. The smallest absolute Gasteiger partial charge is 0.270 e. The molecule has 2 amide bonds. The van der Waals surface area contributed by atoms with E-state index in [1.807, 2.05) is 12.1 Å². The van der Waals surface area contributed by atoms with Crippen molar-refractivity contribution in [2.75, 3.05) is 6.54 Å². The Morgan fingerprint density at radius 2 is 1.88 bits per heavy atom. The minimum atomic E-state index is -0.651. The molecule has 1 fully saturated rings. The van der Waals surface area contributed by atoms with E-state index in [0.717, 1.165) is 18.4 Å². The number of carbonyl (C=O) groups is 2. The van der Waals surface area contributed by atoms with Crippen molar-refractivity contribution in [3.05, 3.63) is 77.2 Å². The highest BCUT2D eigenvalue weighted by atomic mass is 35.5. The van der Waals surface area contributed by atoms with Crippen molar-refractivity contribution in [3.63, 3.8) is 0 Å². The quantitative estimate of drug-likeness (QED) is 0.460. The van der Waals surface area contributed by atoms with Crippen molar-refractivity contribution in [3.8, 4) is 22.5 Å². The van der Waals surface area contributed by atoms with Crippen molar-refractivity contribution >= 4 is 29.1 Å². The lowest BCUT2D eigenvalue weighted by Gasteiger charge is -2.16. The summed E-state index contributed by atoms with van der Waals surface area (Å²) in [5.41, 5.74) is 2.46. The third-order valence-corrected chi connectivity index (χ3v) is 6.04. The second kappa shape index (κ2) is 9.23. The molecule has 2 aromatic carbocycles. The number of hydrogen-bond acceptors (Lipinski definition) is 4. The van der Waals surface area contributed by atoms with Gasteiger partial charge in [-0.3, -0.25) is 9.59 Å². The van der Waals surface area contributed by atoms with Crippen LogP contribution >= 0.6 is 11.6 Å². The zero-order valence-electron chi connectivity index (χ0n) is 18.1. The number of aromatic nitrogens is 3. The Morgan fingerprint density at radius 3 is 2.68 bits per heavy atom. The van der Waals surface area contributed by atoms with Crippen LogP contribution in [0.4, 0.5) is 4.39 Å². The molecule has 2 aromatic heterocycles. The molecule has 7 nitrogen and oxygen atoms in total. The predicted octanol–water partition coefficient (Wildman–Crippen LogP) is 4.25. The van der Waals surface area contributed by atoms with Crippen LogP contribution in [0.5, 0.6) is 0 Å². The number of benzene rings is 2. The van der Waals surface area contributed by atoms with Gasteiger partial charge in [-0.15, -0.1) is 0 Å². The second-order valence-corrected chi connectivity index (χ2v) is 8.56. The molecular formula is C25H21ClFN5O2. The number of halogens is 2. The molecule has 9 heteroatoms. The first-order valence-electron chi connectivity index (χ1n) is 11.0. The van der Waals surface area contributed by atoms with Crippen LogP contribution in [0, 0.1) is 5.82 Å². The Balaban J connectivity index is 1.61. The topological polar surface area (TPSA) is 88.4 Å². The Hall–Kier alpha value is -3.78. The van der Waals surface area contributed by atoms with Crippen molar-refractivity contribution in [1.82, 2.24) is 25.2 Å². The van der Waals surface area contributed by atoms with Crippen LogP contribution in [0.1, 0.15) is 29.8 Å². The van der Waals surface area contributed by atoms with Crippen molar-refractivity contribution in [2.45, 2.75) is 25.3 Å². The molecule has 1 aliphatic heterocycles. The van der Waals surface area contributed by atoms with E-state index >= 15 is 0 Å². The van der Waals surface area contributed by atoms with E-state index < -0.39 is 17.8 Å². The molecule has 1 aliphatic rings. The average molecular weight is 478 g/mol. The van der Waals surface area contributed by atoms with E-state index in [0.29, 0.717) is 35.0 Å². The van der Waals surface area contributed by atoms with Gasteiger partial charge in [-0.2, -0.15) is 5.10 Å². The van der Waals surface area contributed by atoms with E-state index in [1.165, 1.54) is 16.6 Å². The van der Waals surface area contributed by atoms with Crippen LogP contribution in [0.25, 0.3) is 28.2 Å². The van der Waals surface area contributed by atoms with Gasteiger partial charge in [0, 0.05) is 28.8 Å². The van der Waals surface area contributed by atoms with Gasteiger partial charge in [-0.05, 0) is 49.6 Å². The van der Waals surface area contributed by atoms with Crippen molar-refractivity contribution < 1.29 is 14.0 Å². The van der Waals surface area contributed by atoms with E-state index in [1.54, 1.807) is 36.4 Å². The van der Waals surface area contributed by atoms with E-state index in [4.69, 9.17) is 11.6 Å². The summed E-state index contributed by atoms with van der Waals surface area (Å²) in [6.07, 6.45) is 2.22. The van der Waals surface area contributed by atoms with Crippen LogP contribution in [-0.4, -0.2) is 39.0 Å². The van der Waals surface area contributed by atoms with Crippen LogP contribution in [0.2, 0.25) is 5.02 Å². The molecule has 4 aromatic rings. The van der Waals surface area contributed by atoms with Gasteiger partial charge in [-0.1, -0.05) is 35.9 Å². The van der Waals surface area contributed by atoms with Crippen molar-refractivity contribution in [2.24, 2.45) is 0 Å². The van der Waals surface area contributed by atoms with Gasteiger partial charge in [0.1, 0.15) is 17.6 Å². The lowest BCUT2D eigenvalue weighted by Crippen LogP contribution is -2.45. The molecule has 0 aliphatic carbocycles. The Bertz CT molecular complexity index is 1390. The zero-order chi connectivity index (χ0) is 23.7. The highest BCUT2D eigenvalue weighted by molar-refractivity contribution is 6.30. The largest absolute Gasteiger partial charge is 0.354 e. The van der Waals surface area contributed by atoms with Gasteiger partial charge in [0.25, 0.3) is 5.91 Å². The monoisotopic (exact) mass is 477 g/mol. The molecule has 0 spiro atoms. The first-order chi connectivity index (χ1) is 16.5. The molecule has 0 bridgehead atoms. The maximum Gasteiger partial charge on any atom is 0.270 e. The first-order valence-corrected chi connectivity index (χ1v) is 11.4. The summed E-state index contributed by atoms with van der Waals surface area (Å²) in [7, 11) is 0. The maximum absolute atomic E-state index is 14.6. The lowest BCUT2D eigenvalue weighted by molar-refractivity contribution is -0.122. The summed E-state index contributed by atoms with van der Waals surface area (Å²) in [6.45, 7) is 0.589. The molecule has 5 rings (SSSR count). The summed E-state index contributed by atoms with van der Waals surface area (Å²) in [4.78, 5) is 30.3. The molecular weight excluding hydrogens is 457 g/mol. The second-order valence-electron chi connectivity index (χ2n) is 8.13. The minimum absolute atomic E-state index is 0.153. The van der Waals surface area contributed by atoms with Gasteiger partial charge in [0.05, 0.1) is 11.4 Å². The van der Waals surface area contributed by atoms with Crippen LogP contribution in [0.3, 0.4) is 0 Å². The molecule has 1 atom stereocenters. The molecule has 172 valence electrons. The molecule has 34 heavy (non-hydrogen) atoms. The third kappa shape index (κ3) is 4.36. The highest BCUT2D eigenvalue weighted by Gasteiger charge is 2.25. The Morgan fingerprint density at radius 1 is 1.09 bits per heavy atom. The fraction of sp³-hybridized carbons (Fsp3) is 0.200. The Kier molecular flexibility index (Phi) is 5.98. The molecule has 0 saturated carbocycles. The number of carbonyl (C=O) groups excluding carboxylic acids is 2. The van der Waals surface area contributed by atoms with Crippen LogP contribution < -0.4 is 10.6 Å². The zero-order valence-corrected chi connectivity index (χ0v) is 18.8. The highest BCUT2D eigenvalue weighted by Crippen LogP contribution is 2.26. The third-order valence-electron chi connectivity index (χ3n) is 5.79. The fourth-order valence-corrected chi connectivity index (χ4v) is 4.14. The Labute approximate surface area is 200 Å². The number of rotatable bonds is 4. The molecule has 0 radical (unpaired) electrons. The first kappa shape index (κ1) is 22.0. The van der Waals surface area contributed by atoms with Gasteiger partial charge >= 0.3 is 0 Å². The summed E-state index contributed by atoms with van der Waals surface area (Å²) in [5.74, 6) is -1.16. The molecule has 1 saturated heterocycles. The predicted molar refractivity (Wildman–Crippen MR) is 127 cm³/mol. The number of hydrogen-bond donors (Lipinski definition) is 2. The van der Waals surface area contributed by atoms with Gasteiger partial charge in [-0.25, -0.2) is 13.9 Å². The van der Waals surface area contributed by atoms with Crippen LogP contribution in [0.15, 0.2) is 60.7 Å². The SMILES string of the molecule is O=C(NC1CCCCNC1=O)c1cc(-c2ccccc2F)nc2cc(-c3ccc(Cl)cc3)nn12. The van der Waals surface area contributed by atoms with E-state index in [-0.39, 0.29) is 17.2 Å². The molecule has 3 heterocycles. The van der Waals surface area contributed by atoms with Crippen molar-refractivity contribution in [1.29, 1.82) is 0 Å². The summed E-state index contributed by atoms with van der Waals surface area (Å²) in [6, 6.07) is 15.9. The van der Waals surface area contributed by atoms with Gasteiger partial charge < -0.3 is 10.6 Å². The lowest BCUT2D eigenvalue weighted by atomic mass is 10.1. The fourth-order valence-electron chi connectivity index (χ4n) is 4.01. The number of fused-ring (bicyclic) bond motifs is 1. The van der Waals surface area contributed by atoms with Crippen LogP contribution in [-0.2, 0) is 4.79 Å². The van der Waals surface area contributed by atoms with Gasteiger partial charge in [0.15, 0.2) is 5.65 Å². The summed E-state index contributed by atoms with van der Waals surface area (Å²) in [5, 5.41) is 10.8. The summed E-state index contributed by atoms with van der Waals surface area (Å²) >= 11 is 6.01. The van der Waals surface area contributed by atoms with E-state index in [2.05, 4.69) is 20.7 Å². The standard InChI is InChI=1S/C25H21ClFN5O2/c26-16-10-8-15(9-11-16)20-14-23-29-21(17-5-1-2-6-18(17)27)13-22(32(23)31-20)25(34)30-19-7-3-4-12-28-24(19)33/h1-2,5-6,8-11,13-14,19H,3-4,7,12H2,(H,28,33)(H,30,34). The number of nitrogens with one attached hydrogen (secondary N) is 2. The average Bonchev–Trinajstić information content (AvgIpc) is 3.16.